The summed E-state index contributed by atoms with van der Waals surface area (Å²) < 4.78 is 6.92. The minimum atomic E-state index is -1.47. The van der Waals surface area contributed by atoms with Crippen molar-refractivity contribution < 1.29 is 25.2 Å². The number of ether oxygens (including phenoxy) is 1. The highest BCUT2D eigenvalue weighted by Crippen LogP contribution is 2.31. The van der Waals surface area contributed by atoms with E-state index >= 15 is 0 Å². The van der Waals surface area contributed by atoms with Crippen LogP contribution in [0.15, 0.2) is 48.7 Å². The van der Waals surface area contributed by atoms with Gasteiger partial charge in [-0.25, -0.2) is 9.67 Å². The maximum Gasteiger partial charge on any atom is 0.180 e. The van der Waals surface area contributed by atoms with Crippen molar-refractivity contribution in [2.75, 3.05) is 37.7 Å². The third-order valence-corrected chi connectivity index (χ3v) is 8.30. The summed E-state index contributed by atoms with van der Waals surface area (Å²) in [6.07, 6.45) is -4.69. The van der Waals surface area contributed by atoms with Crippen LogP contribution in [0.25, 0.3) is 22.4 Å². The molecular formula is C30H39N7O5. The number of fused-ring (bicyclic) bond motifs is 1. The number of anilines is 1. The first-order valence-electron chi connectivity index (χ1n) is 14.4. The normalized spacial score (nSPS) is 25.8. The summed E-state index contributed by atoms with van der Waals surface area (Å²) in [4.78, 5) is 13.1. The van der Waals surface area contributed by atoms with Gasteiger partial charge in [0.25, 0.3) is 0 Å². The first-order chi connectivity index (χ1) is 20.1. The summed E-state index contributed by atoms with van der Waals surface area (Å²) in [5.41, 5.74) is 6.22. The van der Waals surface area contributed by atoms with Gasteiger partial charge in [0.05, 0.1) is 29.7 Å². The Hall–Kier alpha value is -3.39. The molecule has 0 bridgehead atoms. The van der Waals surface area contributed by atoms with E-state index in [0.717, 1.165) is 54.3 Å². The highest BCUT2D eigenvalue weighted by molar-refractivity contribution is 5.91. The Labute approximate surface area is 244 Å². The molecule has 0 aliphatic carbocycles. The second-order valence-corrected chi connectivity index (χ2v) is 12.3. The van der Waals surface area contributed by atoms with Crippen molar-refractivity contribution in [2.45, 2.75) is 63.4 Å². The fourth-order valence-electron chi connectivity index (χ4n) is 5.72. The van der Waals surface area contributed by atoms with Gasteiger partial charge in [0.15, 0.2) is 6.23 Å². The SMILES string of the molecule is CC(C)(C)c1ccc(-c2nc3c(N4CCN(Cc5cn([C@@H]6O[C@H](CO)[C@@H](O)[C@H](O)[C@H]6O)nn5)CC4)cccc3[nH]2)cc1. The van der Waals surface area contributed by atoms with Gasteiger partial charge in [-0.1, -0.05) is 56.3 Å². The van der Waals surface area contributed by atoms with E-state index < -0.39 is 37.3 Å². The van der Waals surface area contributed by atoms with E-state index in [2.05, 4.69) is 88.3 Å². The molecule has 2 aliphatic rings. The van der Waals surface area contributed by atoms with Gasteiger partial charge in [-0.15, -0.1) is 5.10 Å². The average Bonchev–Trinajstić information content (AvgIpc) is 3.63. The van der Waals surface area contributed by atoms with Gasteiger partial charge in [0.1, 0.15) is 35.8 Å². The third-order valence-electron chi connectivity index (χ3n) is 8.30. The largest absolute Gasteiger partial charge is 0.394 e. The lowest BCUT2D eigenvalue weighted by Crippen LogP contribution is -2.56. The lowest BCUT2D eigenvalue weighted by molar-refractivity contribution is -0.254. The molecule has 0 radical (unpaired) electrons. The lowest BCUT2D eigenvalue weighted by atomic mass is 9.87. The summed E-state index contributed by atoms with van der Waals surface area (Å²) in [7, 11) is 0. The van der Waals surface area contributed by atoms with E-state index in [1.807, 2.05) is 0 Å². The summed E-state index contributed by atoms with van der Waals surface area (Å²) in [5, 5.41) is 48.3. The second-order valence-electron chi connectivity index (χ2n) is 12.3. The molecule has 2 saturated heterocycles. The number of nitrogens with zero attached hydrogens (tertiary/aromatic N) is 6. The number of piperazine rings is 1. The van der Waals surface area contributed by atoms with Gasteiger partial charge in [0, 0.05) is 38.3 Å². The van der Waals surface area contributed by atoms with Crippen LogP contribution < -0.4 is 4.90 Å². The van der Waals surface area contributed by atoms with Gasteiger partial charge in [-0.05, 0) is 23.1 Å². The van der Waals surface area contributed by atoms with Crippen molar-refractivity contribution in [2.24, 2.45) is 0 Å². The number of aromatic nitrogens is 5. The van der Waals surface area contributed by atoms with E-state index in [1.54, 1.807) is 6.20 Å². The fourth-order valence-corrected chi connectivity index (χ4v) is 5.72. The van der Waals surface area contributed by atoms with Crippen LogP contribution in [0.1, 0.15) is 38.3 Å². The molecular weight excluding hydrogens is 538 g/mol. The Morgan fingerprint density at radius 3 is 2.38 bits per heavy atom. The molecule has 2 fully saturated rings. The zero-order valence-electron chi connectivity index (χ0n) is 24.1. The van der Waals surface area contributed by atoms with Crippen LogP contribution in [0.5, 0.6) is 0 Å². The van der Waals surface area contributed by atoms with E-state index in [4.69, 9.17) is 9.72 Å². The van der Waals surface area contributed by atoms with Crippen LogP contribution in [0.4, 0.5) is 5.69 Å². The molecule has 5 atom stereocenters. The van der Waals surface area contributed by atoms with Crippen LogP contribution in [0.2, 0.25) is 0 Å². The minimum Gasteiger partial charge on any atom is -0.394 e. The summed E-state index contributed by atoms with van der Waals surface area (Å²) in [6.45, 7) is 9.97. The lowest BCUT2D eigenvalue weighted by Gasteiger charge is -2.39. The smallest absolute Gasteiger partial charge is 0.180 e. The number of hydrogen-bond donors (Lipinski definition) is 5. The predicted octanol–water partition coefficient (Wildman–Crippen LogP) is 1.41. The number of hydrogen-bond acceptors (Lipinski definition) is 10. The molecule has 0 unspecified atom stereocenters. The van der Waals surface area contributed by atoms with Gasteiger partial charge >= 0.3 is 0 Å². The molecule has 0 saturated carbocycles. The number of nitrogens with one attached hydrogen (secondary N) is 1. The van der Waals surface area contributed by atoms with Crippen molar-refractivity contribution >= 4 is 16.7 Å². The van der Waals surface area contributed by atoms with E-state index in [-0.39, 0.29) is 5.41 Å². The molecule has 42 heavy (non-hydrogen) atoms. The number of H-pyrrole nitrogens is 1. The molecule has 6 rings (SSSR count). The highest BCUT2D eigenvalue weighted by Gasteiger charge is 2.44. The number of aliphatic hydroxyl groups is 4. The van der Waals surface area contributed by atoms with Crippen molar-refractivity contribution in [3.63, 3.8) is 0 Å². The van der Waals surface area contributed by atoms with Crippen LogP contribution in [-0.4, -0.2) is 107 Å². The zero-order valence-corrected chi connectivity index (χ0v) is 24.1. The Morgan fingerprint density at radius 1 is 0.952 bits per heavy atom. The standard InChI is InChI=1S/C30H39N7O5/c1-30(2,3)19-9-7-18(8-10-19)28-31-21-5-4-6-22(24(21)32-28)36-13-11-35(12-14-36)15-20-16-37(34-33-20)29-27(41)26(40)25(39)23(17-38)42-29/h4-10,16,23,25-27,29,38-41H,11-15,17H2,1-3H3,(H,31,32)/t23-,25-,26+,27-,29-/m1/s1. The number of rotatable bonds is 6. The fraction of sp³-hybridized carbons (Fsp3) is 0.500. The molecule has 0 amide bonds. The first-order valence-corrected chi connectivity index (χ1v) is 14.4. The second kappa shape index (κ2) is 11.4. The minimum absolute atomic E-state index is 0.0998. The first kappa shape index (κ1) is 28.7. The Bertz CT molecular complexity index is 1500. The van der Waals surface area contributed by atoms with Crippen LogP contribution in [0.3, 0.4) is 0 Å². The maximum atomic E-state index is 10.4. The Balaban J connectivity index is 1.10. The Morgan fingerprint density at radius 2 is 1.69 bits per heavy atom. The number of benzene rings is 2. The molecule has 12 nitrogen and oxygen atoms in total. The van der Waals surface area contributed by atoms with E-state index in [0.29, 0.717) is 12.2 Å². The molecule has 12 heteroatoms. The zero-order chi connectivity index (χ0) is 29.6. The number of para-hydroxylation sites is 1. The van der Waals surface area contributed by atoms with Crippen LogP contribution in [0, 0.1) is 0 Å². The van der Waals surface area contributed by atoms with Crippen molar-refractivity contribution in [1.82, 2.24) is 29.9 Å². The monoisotopic (exact) mass is 577 g/mol. The van der Waals surface area contributed by atoms with Gasteiger partial charge in [0.2, 0.25) is 0 Å². The maximum absolute atomic E-state index is 10.4. The van der Waals surface area contributed by atoms with Crippen molar-refractivity contribution in [3.05, 3.63) is 59.9 Å². The van der Waals surface area contributed by atoms with Crippen molar-refractivity contribution in [3.8, 4) is 11.4 Å². The molecule has 4 heterocycles. The van der Waals surface area contributed by atoms with Crippen LogP contribution in [-0.2, 0) is 16.7 Å². The summed E-state index contributed by atoms with van der Waals surface area (Å²) in [5.74, 6) is 0.860. The number of aliphatic hydroxyl groups excluding tert-OH is 4. The molecule has 2 aromatic carbocycles. The van der Waals surface area contributed by atoms with Gasteiger partial charge in [-0.2, -0.15) is 0 Å². The molecule has 224 valence electrons. The molecule has 4 aromatic rings. The van der Waals surface area contributed by atoms with Crippen molar-refractivity contribution in [1.29, 1.82) is 0 Å². The average molecular weight is 578 g/mol. The molecule has 2 aliphatic heterocycles. The van der Waals surface area contributed by atoms with Crippen LogP contribution >= 0.6 is 0 Å². The molecule has 2 aromatic heterocycles. The quantitative estimate of drug-likeness (QED) is 0.227. The molecule has 5 N–H and O–H groups in total. The Kier molecular flexibility index (Phi) is 7.77. The highest BCUT2D eigenvalue weighted by atomic mass is 16.6. The summed E-state index contributed by atoms with van der Waals surface area (Å²) in [6, 6.07) is 14.8. The predicted molar refractivity (Wildman–Crippen MR) is 157 cm³/mol. The molecule has 0 spiro atoms. The topological polar surface area (TPSA) is 156 Å². The third kappa shape index (κ3) is 5.53. The van der Waals surface area contributed by atoms with Gasteiger partial charge in [-0.3, -0.25) is 4.90 Å². The number of imidazole rings is 1. The van der Waals surface area contributed by atoms with E-state index in [9.17, 15) is 20.4 Å². The van der Waals surface area contributed by atoms with E-state index in [1.165, 1.54) is 10.2 Å². The summed E-state index contributed by atoms with van der Waals surface area (Å²) >= 11 is 0. The van der Waals surface area contributed by atoms with Gasteiger partial charge < -0.3 is 35.0 Å². The number of aromatic amines is 1.